The van der Waals surface area contributed by atoms with E-state index < -0.39 is 0 Å². The van der Waals surface area contributed by atoms with Gasteiger partial charge in [-0.05, 0) is 55.8 Å². The van der Waals surface area contributed by atoms with E-state index in [0.29, 0.717) is 23.2 Å². The Morgan fingerprint density at radius 2 is 1.90 bits per heavy atom. The summed E-state index contributed by atoms with van der Waals surface area (Å²) in [6.07, 6.45) is 7.92. The number of nitrogens with zero attached hydrogens (tertiary/aromatic N) is 3. The third kappa shape index (κ3) is 2.05. The number of hydrogen-bond acceptors (Lipinski definition) is 3. The molecule has 1 N–H and O–H groups in total. The summed E-state index contributed by atoms with van der Waals surface area (Å²) in [5.41, 5.74) is 0.440. The first kappa shape index (κ1) is 12.9. The van der Waals surface area contributed by atoms with Gasteiger partial charge in [0.25, 0.3) is 0 Å². The first-order valence-corrected chi connectivity index (χ1v) is 7.88. The molecule has 21 heavy (non-hydrogen) atoms. The van der Waals surface area contributed by atoms with Crippen LogP contribution < -0.4 is 5.32 Å². The van der Waals surface area contributed by atoms with Crippen LogP contribution in [0.4, 0.5) is 5.82 Å². The lowest BCUT2D eigenvalue weighted by atomic mass is 9.51. The second-order valence-electron chi connectivity index (χ2n) is 7.12. The topological polar surface area (TPSA) is 70.7 Å². The molecule has 4 aliphatic carbocycles. The van der Waals surface area contributed by atoms with Crippen molar-refractivity contribution in [1.29, 1.82) is 5.26 Å². The first-order chi connectivity index (χ1) is 10.1. The van der Waals surface area contributed by atoms with Crippen molar-refractivity contribution in [1.82, 2.24) is 9.78 Å². The quantitative estimate of drug-likeness (QED) is 0.906. The van der Waals surface area contributed by atoms with Crippen LogP contribution in [0.15, 0.2) is 6.20 Å². The van der Waals surface area contributed by atoms with Gasteiger partial charge in [0.1, 0.15) is 11.6 Å². The number of hydrogen-bond donors (Lipinski definition) is 1. The summed E-state index contributed by atoms with van der Waals surface area (Å²) in [5, 5.41) is 16.2. The van der Waals surface area contributed by atoms with Crippen LogP contribution in [-0.2, 0) is 11.8 Å². The zero-order valence-corrected chi connectivity index (χ0v) is 12.2. The maximum atomic E-state index is 12.7. The average Bonchev–Trinajstić information content (AvgIpc) is 2.77. The molecule has 0 saturated heterocycles. The van der Waals surface area contributed by atoms with Crippen LogP contribution in [0, 0.1) is 40.9 Å². The van der Waals surface area contributed by atoms with Crippen molar-refractivity contribution >= 4 is 11.7 Å². The highest BCUT2D eigenvalue weighted by Crippen LogP contribution is 2.56. The fourth-order valence-electron chi connectivity index (χ4n) is 5.22. The number of aryl methyl sites for hydroxylation is 1. The van der Waals surface area contributed by atoms with Crippen LogP contribution in [0.3, 0.4) is 0 Å². The molecule has 1 aromatic heterocycles. The molecular formula is C16H20N4O. The van der Waals surface area contributed by atoms with E-state index in [2.05, 4.69) is 16.5 Å². The van der Waals surface area contributed by atoms with Crippen molar-refractivity contribution in [3.8, 4) is 6.07 Å². The second-order valence-corrected chi connectivity index (χ2v) is 7.12. The van der Waals surface area contributed by atoms with Gasteiger partial charge >= 0.3 is 0 Å². The molecule has 4 fully saturated rings. The molecule has 4 bridgehead atoms. The van der Waals surface area contributed by atoms with Crippen LogP contribution >= 0.6 is 0 Å². The summed E-state index contributed by atoms with van der Waals surface area (Å²) in [4.78, 5) is 12.7. The molecule has 1 heterocycles. The highest BCUT2D eigenvalue weighted by atomic mass is 16.2. The Hall–Kier alpha value is -1.83. The maximum Gasteiger partial charge on any atom is 0.229 e. The molecule has 4 aliphatic rings. The molecule has 5 nitrogen and oxygen atoms in total. The largest absolute Gasteiger partial charge is 0.308 e. The minimum Gasteiger partial charge on any atom is -0.308 e. The highest BCUT2D eigenvalue weighted by Gasteiger charge is 2.50. The van der Waals surface area contributed by atoms with Crippen molar-refractivity contribution in [2.24, 2.45) is 36.6 Å². The monoisotopic (exact) mass is 284 g/mol. The molecule has 110 valence electrons. The van der Waals surface area contributed by atoms with E-state index in [1.807, 2.05) is 0 Å². The zero-order chi connectivity index (χ0) is 14.6. The number of rotatable bonds is 2. The molecule has 1 amide bonds. The number of carbonyl (C=O) groups is 1. The molecule has 0 aromatic carbocycles. The standard InChI is InChI=1S/C16H20N4O/c1-20-8-13(7-17)15(19-20)18-16(21)14-11-3-9-2-10(5-11)6-12(14)4-9/h8-12,14H,2-6H2,1H3,(H,18,19,21). The molecule has 0 spiro atoms. The first-order valence-electron chi connectivity index (χ1n) is 7.88. The van der Waals surface area contributed by atoms with Gasteiger partial charge in [-0.15, -0.1) is 0 Å². The van der Waals surface area contributed by atoms with Gasteiger partial charge < -0.3 is 5.32 Å². The van der Waals surface area contributed by atoms with Gasteiger partial charge in [0.15, 0.2) is 5.82 Å². The van der Waals surface area contributed by atoms with Gasteiger partial charge in [-0.25, -0.2) is 0 Å². The predicted octanol–water partition coefficient (Wildman–Crippen LogP) is 2.30. The summed E-state index contributed by atoms with van der Waals surface area (Å²) in [6, 6.07) is 2.09. The Labute approximate surface area is 124 Å². The summed E-state index contributed by atoms with van der Waals surface area (Å²) in [6.45, 7) is 0. The number of nitriles is 1. The number of nitrogens with one attached hydrogen (secondary N) is 1. The van der Waals surface area contributed by atoms with Gasteiger partial charge in [0.2, 0.25) is 5.91 Å². The van der Waals surface area contributed by atoms with Gasteiger partial charge in [-0.2, -0.15) is 10.4 Å². The number of amides is 1. The van der Waals surface area contributed by atoms with E-state index >= 15 is 0 Å². The third-order valence-corrected chi connectivity index (χ3v) is 5.72. The van der Waals surface area contributed by atoms with E-state index in [1.165, 1.54) is 32.1 Å². The van der Waals surface area contributed by atoms with Gasteiger partial charge in [-0.3, -0.25) is 9.48 Å². The minimum atomic E-state index is 0.0824. The molecular weight excluding hydrogens is 264 g/mol. The SMILES string of the molecule is Cn1cc(C#N)c(NC(=O)C2C3CC4CC(C3)CC2C4)n1. The highest BCUT2D eigenvalue weighted by molar-refractivity contribution is 5.93. The van der Waals surface area contributed by atoms with E-state index in [9.17, 15) is 4.79 Å². The Morgan fingerprint density at radius 3 is 2.48 bits per heavy atom. The van der Waals surface area contributed by atoms with E-state index in [-0.39, 0.29) is 11.8 Å². The molecule has 0 radical (unpaired) electrons. The van der Waals surface area contributed by atoms with Crippen LogP contribution in [0.5, 0.6) is 0 Å². The summed E-state index contributed by atoms with van der Waals surface area (Å²) >= 11 is 0. The lowest BCUT2D eigenvalue weighted by Gasteiger charge is -2.53. The van der Waals surface area contributed by atoms with E-state index in [1.54, 1.807) is 17.9 Å². The molecule has 4 saturated carbocycles. The van der Waals surface area contributed by atoms with Crippen molar-refractivity contribution in [2.75, 3.05) is 5.32 Å². The molecule has 0 atom stereocenters. The lowest BCUT2D eigenvalue weighted by molar-refractivity contribution is -0.132. The number of anilines is 1. The predicted molar refractivity (Wildman–Crippen MR) is 77.1 cm³/mol. The van der Waals surface area contributed by atoms with Gasteiger partial charge in [-0.1, -0.05) is 0 Å². The van der Waals surface area contributed by atoms with Crippen LogP contribution in [0.25, 0.3) is 0 Å². The Morgan fingerprint density at radius 1 is 1.29 bits per heavy atom. The Balaban J connectivity index is 1.54. The Kier molecular flexibility index (Phi) is 2.81. The lowest BCUT2D eigenvalue weighted by Crippen LogP contribution is -2.49. The minimum absolute atomic E-state index is 0.0824. The van der Waals surface area contributed by atoms with E-state index in [4.69, 9.17) is 5.26 Å². The fourth-order valence-corrected chi connectivity index (χ4v) is 5.22. The van der Waals surface area contributed by atoms with Gasteiger partial charge in [0.05, 0.1) is 0 Å². The summed E-state index contributed by atoms with van der Waals surface area (Å²) in [5.74, 6) is 3.46. The van der Waals surface area contributed by atoms with Gasteiger partial charge in [0, 0.05) is 19.2 Å². The number of aromatic nitrogens is 2. The third-order valence-electron chi connectivity index (χ3n) is 5.72. The van der Waals surface area contributed by atoms with Crippen molar-refractivity contribution < 1.29 is 4.79 Å². The fraction of sp³-hybridized carbons (Fsp3) is 0.688. The van der Waals surface area contributed by atoms with Crippen LogP contribution in [0.2, 0.25) is 0 Å². The zero-order valence-electron chi connectivity index (χ0n) is 12.2. The van der Waals surface area contributed by atoms with Crippen molar-refractivity contribution in [2.45, 2.75) is 32.1 Å². The molecule has 0 unspecified atom stereocenters. The Bertz CT molecular complexity index is 599. The van der Waals surface area contributed by atoms with Crippen molar-refractivity contribution in [3.05, 3.63) is 11.8 Å². The average molecular weight is 284 g/mol. The number of carbonyl (C=O) groups excluding carboxylic acids is 1. The molecule has 5 heteroatoms. The molecule has 5 rings (SSSR count). The normalized spacial score (nSPS) is 36.5. The van der Waals surface area contributed by atoms with Crippen LogP contribution in [0.1, 0.15) is 37.7 Å². The molecule has 0 aliphatic heterocycles. The smallest absolute Gasteiger partial charge is 0.229 e. The summed E-state index contributed by atoms with van der Waals surface area (Å²) in [7, 11) is 1.76. The second kappa shape index (κ2) is 4.59. The van der Waals surface area contributed by atoms with E-state index in [0.717, 1.165) is 11.8 Å². The van der Waals surface area contributed by atoms with Crippen LogP contribution in [-0.4, -0.2) is 15.7 Å². The van der Waals surface area contributed by atoms with Crippen molar-refractivity contribution in [3.63, 3.8) is 0 Å². The summed E-state index contributed by atoms with van der Waals surface area (Å²) < 4.78 is 1.57. The maximum absolute atomic E-state index is 12.7. The molecule has 1 aromatic rings.